The number of thioether (sulfide) groups is 1. The Morgan fingerprint density at radius 1 is 1.70 bits per heavy atom. The number of aromatic nitrogens is 2. The highest BCUT2D eigenvalue weighted by Gasteiger charge is 2.18. The van der Waals surface area contributed by atoms with Crippen LogP contribution in [0.5, 0.6) is 0 Å². The van der Waals surface area contributed by atoms with Crippen molar-refractivity contribution in [2.24, 2.45) is 0 Å². The molecule has 5 nitrogen and oxygen atoms in total. The van der Waals surface area contributed by atoms with Crippen LogP contribution in [0.1, 0.15) is 6.92 Å². The van der Waals surface area contributed by atoms with Crippen molar-refractivity contribution in [1.82, 2.24) is 14.9 Å². The molecule has 0 aliphatic carbocycles. The lowest BCUT2D eigenvalue weighted by atomic mass is 10.4. The maximum atomic E-state index is 12.4. The van der Waals surface area contributed by atoms with Gasteiger partial charge in [-0.3, -0.25) is 14.2 Å². The summed E-state index contributed by atoms with van der Waals surface area (Å²) in [5.74, 6) is -0.0966. The Hall–Kier alpha value is -1.60. The molecule has 0 aliphatic rings. The third-order valence-corrected chi connectivity index (χ3v) is 4.65. The number of hydrogen-bond acceptors (Lipinski definition) is 5. The molecule has 0 fully saturated rings. The van der Waals surface area contributed by atoms with E-state index in [1.54, 1.807) is 30.7 Å². The smallest absolute Gasteiger partial charge is 0.263 e. The number of amides is 1. The summed E-state index contributed by atoms with van der Waals surface area (Å²) < 4.78 is 1.55. The molecular weight excluding hydrogens is 294 g/mol. The second kappa shape index (κ2) is 6.23. The van der Waals surface area contributed by atoms with Crippen molar-refractivity contribution in [3.8, 4) is 0 Å². The van der Waals surface area contributed by atoms with E-state index in [2.05, 4.69) is 16.9 Å². The highest BCUT2D eigenvalue weighted by atomic mass is 32.2. The Bertz CT molecular complexity index is 705. The van der Waals surface area contributed by atoms with Gasteiger partial charge < -0.3 is 5.32 Å². The number of nitrogens with one attached hydrogen (secondary N) is 1. The molecule has 1 N–H and O–H groups in total. The van der Waals surface area contributed by atoms with Crippen molar-refractivity contribution in [1.29, 1.82) is 0 Å². The SMILES string of the molecule is C=CCn1c(SC(C)C(=O)NC)nc2sccc2c1=O. The monoisotopic (exact) mass is 309 g/mol. The Balaban J connectivity index is 2.50. The Labute approximate surface area is 124 Å². The van der Waals surface area contributed by atoms with Crippen LogP contribution in [0, 0.1) is 0 Å². The maximum absolute atomic E-state index is 12.4. The third-order valence-electron chi connectivity index (χ3n) is 2.76. The molecule has 2 rings (SSSR count). The Morgan fingerprint density at radius 2 is 2.45 bits per heavy atom. The molecule has 0 spiro atoms. The quantitative estimate of drug-likeness (QED) is 0.520. The molecule has 0 radical (unpaired) electrons. The molecule has 2 heterocycles. The minimum atomic E-state index is -0.319. The summed E-state index contributed by atoms with van der Waals surface area (Å²) in [6, 6.07) is 1.77. The summed E-state index contributed by atoms with van der Waals surface area (Å²) >= 11 is 2.69. The standard InChI is InChI=1S/C13H15N3O2S2/c1-4-6-16-12(18)9-5-7-19-11(9)15-13(16)20-8(2)10(17)14-3/h4-5,7-8H,1,6H2,2-3H3,(H,14,17). The van der Waals surface area contributed by atoms with Gasteiger partial charge in [-0.1, -0.05) is 17.8 Å². The number of hydrogen-bond donors (Lipinski definition) is 1. The van der Waals surface area contributed by atoms with E-state index in [1.165, 1.54) is 23.1 Å². The first-order chi connectivity index (χ1) is 9.58. The van der Waals surface area contributed by atoms with Crippen molar-refractivity contribution in [3.63, 3.8) is 0 Å². The molecule has 0 bridgehead atoms. The number of carbonyl (C=O) groups excluding carboxylic acids is 1. The largest absolute Gasteiger partial charge is 0.358 e. The van der Waals surface area contributed by atoms with Crippen molar-refractivity contribution < 1.29 is 4.79 Å². The molecule has 0 aromatic carbocycles. The summed E-state index contributed by atoms with van der Waals surface area (Å²) in [4.78, 5) is 29.2. The fraction of sp³-hybridized carbons (Fsp3) is 0.308. The van der Waals surface area contributed by atoms with Crippen LogP contribution in [0.3, 0.4) is 0 Å². The number of thiophene rings is 1. The van der Waals surface area contributed by atoms with Crippen LogP contribution in [-0.2, 0) is 11.3 Å². The second-order valence-electron chi connectivity index (χ2n) is 4.11. The summed E-state index contributed by atoms with van der Waals surface area (Å²) in [6.45, 7) is 5.82. The molecule has 0 saturated heterocycles. The zero-order valence-electron chi connectivity index (χ0n) is 11.3. The molecule has 1 atom stereocenters. The van der Waals surface area contributed by atoms with Gasteiger partial charge >= 0.3 is 0 Å². The van der Waals surface area contributed by atoms with E-state index in [9.17, 15) is 9.59 Å². The summed E-state index contributed by atoms with van der Waals surface area (Å²) in [5.41, 5.74) is -0.0947. The van der Waals surface area contributed by atoms with Crippen LogP contribution in [0.15, 0.2) is 34.1 Å². The van der Waals surface area contributed by atoms with E-state index in [0.29, 0.717) is 21.9 Å². The van der Waals surface area contributed by atoms with Crippen LogP contribution in [0.4, 0.5) is 0 Å². The van der Waals surface area contributed by atoms with Gasteiger partial charge in [-0.15, -0.1) is 17.9 Å². The fourth-order valence-corrected chi connectivity index (χ4v) is 3.51. The first-order valence-electron chi connectivity index (χ1n) is 6.05. The van der Waals surface area contributed by atoms with E-state index < -0.39 is 0 Å². The Morgan fingerprint density at radius 3 is 3.10 bits per heavy atom. The molecule has 0 saturated carbocycles. The highest BCUT2D eigenvalue weighted by Crippen LogP contribution is 2.24. The first-order valence-corrected chi connectivity index (χ1v) is 7.81. The van der Waals surface area contributed by atoms with Gasteiger partial charge in [0.2, 0.25) is 5.91 Å². The van der Waals surface area contributed by atoms with Gasteiger partial charge in [0.05, 0.1) is 10.6 Å². The fourth-order valence-electron chi connectivity index (χ4n) is 1.73. The predicted octanol–water partition coefficient (Wildman–Crippen LogP) is 1.87. The first kappa shape index (κ1) is 14.8. The molecule has 7 heteroatoms. The zero-order valence-corrected chi connectivity index (χ0v) is 12.9. The molecular formula is C13H15N3O2S2. The molecule has 2 aromatic heterocycles. The number of allylic oxidation sites excluding steroid dienone is 1. The second-order valence-corrected chi connectivity index (χ2v) is 6.32. The van der Waals surface area contributed by atoms with E-state index in [4.69, 9.17) is 0 Å². The highest BCUT2D eigenvalue weighted by molar-refractivity contribution is 8.00. The zero-order chi connectivity index (χ0) is 14.7. The molecule has 106 valence electrons. The van der Waals surface area contributed by atoms with Gasteiger partial charge in [0.25, 0.3) is 5.56 Å². The topological polar surface area (TPSA) is 64.0 Å². The van der Waals surface area contributed by atoms with Gasteiger partial charge in [0.15, 0.2) is 5.16 Å². The van der Waals surface area contributed by atoms with Crippen LogP contribution in [0.2, 0.25) is 0 Å². The number of fused-ring (bicyclic) bond motifs is 1. The predicted molar refractivity (Wildman–Crippen MR) is 83.5 cm³/mol. The lowest BCUT2D eigenvalue weighted by Crippen LogP contribution is -2.29. The van der Waals surface area contributed by atoms with E-state index in [0.717, 1.165) is 0 Å². The molecule has 20 heavy (non-hydrogen) atoms. The average Bonchev–Trinajstić information content (AvgIpc) is 2.90. The van der Waals surface area contributed by atoms with Gasteiger partial charge in [-0.25, -0.2) is 4.98 Å². The molecule has 2 aromatic rings. The van der Waals surface area contributed by atoms with E-state index >= 15 is 0 Å². The number of nitrogens with zero attached hydrogens (tertiary/aromatic N) is 2. The molecule has 1 unspecified atom stereocenters. The van der Waals surface area contributed by atoms with Gasteiger partial charge in [0.1, 0.15) is 4.83 Å². The minimum Gasteiger partial charge on any atom is -0.358 e. The van der Waals surface area contributed by atoms with Crippen LogP contribution >= 0.6 is 23.1 Å². The van der Waals surface area contributed by atoms with Crippen LogP contribution in [0.25, 0.3) is 10.2 Å². The number of carbonyl (C=O) groups is 1. The lowest BCUT2D eigenvalue weighted by molar-refractivity contribution is -0.119. The molecule has 1 amide bonds. The average molecular weight is 309 g/mol. The van der Waals surface area contributed by atoms with Crippen LogP contribution < -0.4 is 10.9 Å². The van der Waals surface area contributed by atoms with Crippen LogP contribution in [-0.4, -0.2) is 27.8 Å². The van der Waals surface area contributed by atoms with Gasteiger partial charge in [-0.2, -0.15) is 0 Å². The lowest BCUT2D eigenvalue weighted by Gasteiger charge is -2.13. The van der Waals surface area contributed by atoms with E-state index in [-0.39, 0.29) is 16.7 Å². The van der Waals surface area contributed by atoms with Gasteiger partial charge in [-0.05, 0) is 18.4 Å². The van der Waals surface area contributed by atoms with Crippen molar-refractivity contribution >= 4 is 39.2 Å². The third kappa shape index (κ3) is 2.78. The normalized spacial score (nSPS) is 12.3. The van der Waals surface area contributed by atoms with Crippen molar-refractivity contribution in [3.05, 3.63) is 34.5 Å². The minimum absolute atomic E-state index is 0.0947. The number of rotatable bonds is 5. The van der Waals surface area contributed by atoms with E-state index in [1.807, 2.05) is 5.38 Å². The Kier molecular flexibility index (Phi) is 4.61. The summed E-state index contributed by atoms with van der Waals surface area (Å²) in [5, 5.41) is 5.26. The molecule has 0 aliphatic heterocycles. The van der Waals surface area contributed by atoms with Gasteiger partial charge in [0, 0.05) is 13.6 Å². The van der Waals surface area contributed by atoms with Crippen molar-refractivity contribution in [2.45, 2.75) is 23.9 Å². The maximum Gasteiger partial charge on any atom is 0.263 e. The van der Waals surface area contributed by atoms with Crippen molar-refractivity contribution in [2.75, 3.05) is 7.05 Å². The summed E-state index contributed by atoms with van der Waals surface area (Å²) in [6.07, 6.45) is 1.65. The summed E-state index contributed by atoms with van der Waals surface area (Å²) in [7, 11) is 1.59.